The van der Waals surface area contributed by atoms with Crippen molar-refractivity contribution in [3.8, 4) is 6.07 Å². The van der Waals surface area contributed by atoms with Crippen LogP contribution in [0.2, 0.25) is 0 Å². The highest BCUT2D eigenvalue weighted by molar-refractivity contribution is 5.92. The van der Waals surface area contributed by atoms with Gasteiger partial charge in [-0.2, -0.15) is 5.26 Å². The Morgan fingerprint density at radius 1 is 1.53 bits per heavy atom. The van der Waals surface area contributed by atoms with Crippen molar-refractivity contribution in [1.82, 2.24) is 4.90 Å². The van der Waals surface area contributed by atoms with E-state index in [0.29, 0.717) is 19.5 Å². The molecule has 4 nitrogen and oxygen atoms in total. The van der Waals surface area contributed by atoms with Gasteiger partial charge in [-0.25, -0.2) is 0 Å². The molecule has 1 aromatic rings. The second-order valence-electron chi connectivity index (χ2n) is 4.06. The molecule has 0 spiro atoms. The summed E-state index contributed by atoms with van der Waals surface area (Å²) in [6.45, 7) is 2.89. The Morgan fingerprint density at radius 3 is 2.94 bits per heavy atom. The first kappa shape index (κ1) is 13.2. The molecule has 0 radical (unpaired) electrons. The van der Waals surface area contributed by atoms with Crippen molar-refractivity contribution in [2.45, 2.75) is 13.3 Å². The number of likely N-dealkylation sites (N-methyl/N-ethyl adjacent to an activating group) is 1. The van der Waals surface area contributed by atoms with Crippen molar-refractivity contribution in [3.05, 3.63) is 29.8 Å². The Bertz CT molecular complexity index is 423. The van der Waals surface area contributed by atoms with Crippen LogP contribution in [-0.4, -0.2) is 30.9 Å². The lowest BCUT2D eigenvalue weighted by molar-refractivity contribution is -0.117. The number of hydrogen-bond acceptors (Lipinski definition) is 3. The van der Waals surface area contributed by atoms with E-state index in [1.165, 1.54) is 0 Å². The van der Waals surface area contributed by atoms with Crippen molar-refractivity contribution in [1.29, 1.82) is 5.26 Å². The minimum Gasteiger partial charge on any atom is -0.325 e. The van der Waals surface area contributed by atoms with Crippen LogP contribution < -0.4 is 5.32 Å². The Kier molecular flexibility index (Phi) is 5.18. The van der Waals surface area contributed by atoms with Crippen molar-refractivity contribution in [2.75, 3.05) is 25.5 Å². The molecule has 17 heavy (non-hydrogen) atoms. The highest BCUT2D eigenvalue weighted by atomic mass is 16.2. The second-order valence-corrected chi connectivity index (χ2v) is 4.06. The average Bonchev–Trinajstić information content (AvgIpc) is 2.26. The molecule has 0 aromatic heterocycles. The van der Waals surface area contributed by atoms with E-state index in [9.17, 15) is 4.79 Å². The van der Waals surface area contributed by atoms with Gasteiger partial charge in [0.1, 0.15) is 0 Å². The average molecular weight is 231 g/mol. The van der Waals surface area contributed by atoms with Crippen molar-refractivity contribution < 1.29 is 4.79 Å². The fourth-order valence-electron chi connectivity index (χ4n) is 1.49. The third kappa shape index (κ3) is 5.14. The van der Waals surface area contributed by atoms with Crippen LogP contribution in [0.4, 0.5) is 5.69 Å². The molecular formula is C13H17N3O. The fraction of sp³-hybridized carbons (Fsp3) is 0.385. The van der Waals surface area contributed by atoms with E-state index >= 15 is 0 Å². The minimum absolute atomic E-state index is 0.0592. The van der Waals surface area contributed by atoms with E-state index in [1.54, 1.807) is 0 Å². The normalized spacial score (nSPS) is 10.0. The maximum absolute atomic E-state index is 11.7. The maximum atomic E-state index is 11.7. The summed E-state index contributed by atoms with van der Waals surface area (Å²) in [6.07, 6.45) is 0.439. The molecule has 0 atom stereocenters. The summed E-state index contributed by atoms with van der Waals surface area (Å²) in [4.78, 5) is 13.5. The largest absolute Gasteiger partial charge is 0.325 e. The lowest BCUT2D eigenvalue weighted by atomic mass is 10.2. The molecule has 1 amide bonds. The summed E-state index contributed by atoms with van der Waals surface area (Å²) < 4.78 is 0. The molecule has 1 rings (SSSR count). The summed E-state index contributed by atoms with van der Waals surface area (Å²) in [5.41, 5.74) is 1.92. The maximum Gasteiger partial charge on any atom is 0.238 e. The number of amides is 1. The molecule has 0 saturated heterocycles. The first-order valence-electron chi connectivity index (χ1n) is 5.54. The Hall–Kier alpha value is -1.86. The van der Waals surface area contributed by atoms with Gasteiger partial charge in [-0.05, 0) is 31.7 Å². The number of nitrogens with zero attached hydrogens (tertiary/aromatic N) is 2. The lowest BCUT2D eigenvalue weighted by Gasteiger charge is -2.14. The first-order chi connectivity index (χ1) is 8.11. The number of benzene rings is 1. The Morgan fingerprint density at radius 2 is 2.29 bits per heavy atom. The van der Waals surface area contributed by atoms with Gasteiger partial charge in [-0.15, -0.1) is 0 Å². The van der Waals surface area contributed by atoms with Crippen LogP contribution >= 0.6 is 0 Å². The van der Waals surface area contributed by atoms with Gasteiger partial charge in [0.25, 0.3) is 0 Å². The molecule has 90 valence electrons. The molecule has 0 saturated carbocycles. The number of anilines is 1. The third-order valence-corrected chi connectivity index (χ3v) is 2.32. The van der Waals surface area contributed by atoms with Crippen LogP contribution in [0.15, 0.2) is 24.3 Å². The molecule has 0 unspecified atom stereocenters. The number of rotatable bonds is 5. The summed E-state index contributed by atoms with van der Waals surface area (Å²) in [5, 5.41) is 11.3. The van der Waals surface area contributed by atoms with E-state index in [4.69, 9.17) is 5.26 Å². The SMILES string of the molecule is Cc1cccc(NC(=O)CN(C)CCC#N)c1. The molecule has 0 bridgehead atoms. The predicted molar refractivity (Wildman–Crippen MR) is 67.5 cm³/mol. The van der Waals surface area contributed by atoms with E-state index in [2.05, 4.69) is 11.4 Å². The van der Waals surface area contributed by atoms with Crippen LogP contribution in [-0.2, 0) is 4.79 Å². The van der Waals surface area contributed by atoms with E-state index in [-0.39, 0.29) is 5.91 Å². The molecular weight excluding hydrogens is 214 g/mol. The van der Waals surface area contributed by atoms with Gasteiger partial charge in [0.2, 0.25) is 5.91 Å². The van der Waals surface area contributed by atoms with Gasteiger partial charge >= 0.3 is 0 Å². The Labute approximate surface area is 102 Å². The summed E-state index contributed by atoms with van der Waals surface area (Å²) in [5.74, 6) is -0.0592. The zero-order valence-electron chi connectivity index (χ0n) is 10.2. The number of carbonyl (C=O) groups is 1. The summed E-state index contributed by atoms with van der Waals surface area (Å²) >= 11 is 0. The number of hydrogen-bond donors (Lipinski definition) is 1. The molecule has 0 aliphatic carbocycles. The molecule has 4 heteroatoms. The molecule has 0 fully saturated rings. The van der Waals surface area contributed by atoms with Crippen molar-refractivity contribution in [2.24, 2.45) is 0 Å². The van der Waals surface area contributed by atoms with Gasteiger partial charge in [0, 0.05) is 18.7 Å². The smallest absolute Gasteiger partial charge is 0.238 e. The van der Waals surface area contributed by atoms with Crippen molar-refractivity contribution in [3.63, 3.8) is 0 Å². The zero-order chi connectivity index (χ0) is 12.7. The third-order valence-electron chi connectivity index (χ3n) is 2.32. The van der Waals surface area contributed by atoms with Gasteiger partial charge in [-0.3, -0.25) is 9.69 Å². The number of nitrogens with one attached hydrogen (secondary N) is 1. The van der Waals surface area contributed by atoms with Crippen LogP contribution in [0.5, 0.6) is 0 Å². The molecule has 1 N–H and O–H groups in total. The predicted octanol–water partition coefficient (Wildman–Crippen LogP) is 1.78. The lowest BCUT2D eigenvalue weighted by Crippen LogP contribution is -2.30. The molecule has 0 aliphatic heterocycles. The summed E-state index contributed by atoms with van der Waals surface area (Å²) in [7, 11) is 1.83. The molecule has 0 heterocycles. The van der Waals surface area contributed by atoms with Gasteiger partial charge in [-0.1, -0.05) is 12.1 Å². The fourth-order valence-corrected chi connectivity index (χ4v) is 1.49. The van der Waals surface area contributed by atoms with Crippen LogP contribution in [0.3, 0.4) is 0 Å². The van der Waals surface area contributed by atoms with Gasteiger partial charge in [0.15, 0.2) is 0 Å². The summed E-state index contributed by atoms with van der Waals surface area (Å²) in [6, 6.07) is 9.73. The zero-order valence-corrected chi connectivity index (χ0v) is 10.2. The second kappa shape index (κ2) is 6.66. The van der Waals surface area contributed by atoms with Crippen LogP contribution in [0, 0.1) is 18.3 Å². The minimum atomic E-state index is -0.0592. The number of nitriles is 1. The van der Waals surface area contributed by atoms with Crippen LogP contribution in [0.25, 0.3) is 0 Å². The first-order valence-corrected chi connectivity index (χ1v) is 5.54. The van der Waals surface area contributed by atoms with Crippen LogP contribution in [0.1, 0.15) is 12.0 Å². The molecule has 1 aromatic carbocycles. The highest BCUT2D eigenvalue weighted by Crippen LogP contribution is 2.09. The quantitative estimate of drug-likeness (QED) is 0.840. The van der Waals surface area contributed by atoms with E-state index in [1.807, 2.05) is 43.1 Å². The topological polar surface area (TPSA) is 56.1 Å². The number of aryl methyl sites for hydroxylation is 1. The van der Waals surface area contributed by atoms with Gasteiger partial charge < -0.3 is 5.32 Å². The monoisotopic (exact) mass is 231 g/mol. The standard InChI is InChI=1S/C13H17N3O/c1-11-5-3-6-12(9-11)15-13(17)10-16(2)8-4-7-14/h3,5-6,9H,4,8,10H2,1-2H3,(H,15,17). The number of carbonyl (C=O) groups excluding carboxylic acids is 1. The van der Waals surface area contributed by atoms with Crippen molar-refractivity contribution >= 4 is 11.6 Å². The Balaban J connectivity index is 2.42. The molecule has 0 aliphatic rings. The highest BCUT2D eigenvalue weighted by Gasteiger charge is 2.06. The van der Waals surface area contributed by atoms with E-state index in [0.717, 1.165) is 11.3 Å². The van der Waals surface area contributed by atoms with Gasteiger partial charge in [0.05, 0.1) is 12.6 Å². The van der Waals surface area contributed by atoms with E-state index < -0.39 is 0 Å².